The van der Waals surface area contributed by atoms with Gasteiger partial charge in [0.05, 0.1) is 11.7 Å². The van der Waals surface area contributed by atoms with E-state index in [4.69, 9.17) is 5.84 Å². The molecule has 0 saturated heterocycles. The second-order valence-corrected chi connectivity index (χ2v) is 4.83. The Morgan fingerprint density at radius 2 is 2.12 bits per heavy atom. The maximum absolute atomic E-state index is 5.62. The Balaban J connectivity index is 2.36. The third-order valence-corrected chi connectivity index (χ3v) is 3.06. The van der Waals surface area contributed by atoms with Gasteiger partial charge in [-0.2, -0.15) is 0 Å². The summed E-state index contributed by atoms with van der Waals surface area (Å²) in [5, 5.41) is 0. The molecule has 3 nitrogen and oxygen atoms in total. The van der Waals surface area contributed by atoms with Gasteiger partial charge in [-0.25, -0.2) is 5.43 Å². The minimum absolute atomic E-state index is 0.0806. The van der Waals surface area contributed by atoms with Gasteiger partial charge < -0.3 is 0 Å². The van der Waals surface area contributed by atoms with Crippen molar-refractivity contribution in [2.75, 3.05) is 0 Å². The predicted octanol–water partition coefficient (Wildman–Crippen LogP) is 2.71. The van der Waals surface area contributed by atoms with E-state index >= 15 is 0 Å². The van der Waals surface area contributed by atoms with Crippen LogP contribution < -0.4 is 11.3 Å². The minimum Gasteiger partial charge on any atom is -0.271 e. The molecule has 2 aromatic rings. The molecule has 0 aliphatic carbocycles. The van der Waals surface area contributed by atoms with E-state index in [-0.39, 0.29) is 6.04 Å². The van der Waals surface area contributed by atoms with Crippen LogP contribution in [0.1, 0.15) is 22.9 Å². The quantitative estimate of drug-likeness (QED) is 0.675. The molecular weight excluding hydrogens is 278 g/mol. The number of nitrogens with zero attached hydrogens (tertiary/aromatic N) is 1. The number of aryl methyl sites for hydroxylation is 1. The van der Waals surface area contributed by atoms with E-state index < -0.39 is 0 Å². The van der Waals surface area contributed by atoms with Gasteiger partial charge in [0.1, 0.15) is 0 Å². The van der Waals surface area contributed by atoms with Crippen LogP contribution in [0.3, 0.4) is 0 Å². The molecule has 1 unspecified atom stereocenters. The first kappa shape index (κ1) is 12.2. The average molecular weight is 292 g/mol. The zero-order valence-electron chi connectivity index (χ0n) is 9.52. The summed E-state index contributed by atoms with van der Waals surface area (Å²) in [5.41, 5.74) is 6.03. The number of hydrazine groups is 1. The van der Waals surface area contributed by atoms with Crippen molar-refractivity contribution in [3.63, 3.8) is 0 Å². The molecule has 0 radical (unpaired) electrons. The monoisotopic (exact) mass is 291 g/mol. The fourth-order valence-corrected chi connectivity index (χ4v) is 1.99. The predicted molar refractivity (Wildman–Crippen MR) is 72.3 cm³/mol. The van der Waals surface area contributed by atoms with Crippen molar-refractivity contribution in [1.82, 2.24) is 10.4 Å². The summed E-state index contributed by atoms with van der Waals surface area (Å²) in [6.07, 6.45) is 1.77. The number of nitrogens with one attached hydrogen (secondary N) is 1. The lowest BCUT2D eigenvalue weighted by Crippen LogP contribution is -2.29. The van der Waals surface area contributed by atoms with Gasteiger partial charge in [0.25, 0.3) is 0 Å². The Morgan fingerprint density at radius 1 is 1.29 bits per heavy atom. The van der Waals surface area contributed by atoms with E-state index in [1.807, 2.05) is 24.3 Å². The van der Waals surface area contributed by atoms with Crippen molar-refractivity contribution in [3.8, 4) is 0 Å². The van der Waals surface area contributed by atoms with Crippen LogP contribution in [-0.4, -0.2) is 4.98 Å². The van der Waals surface area contributed by atoms with Crippen LogP contribution >= 0.6 is 15.9 Å². The van der Waals surface area contributed by atoms with E-state index in [0.29, 0.717) is 0 Å². The van der Waals surface area contributed by atoms with Crippen molar-refractivity contribution in [3.05, 3.63) is 63.9 Å². The number of rotatable bonds is 3. The van der Waals surface area contributed by atoms with Gasteiger partial charge in [0.15, 0.2) is 0 Å². The molecule has 1 heterocycles. The highest BCUT2D eigenvalue weighted by Crippen LogP contribution is 2.21. The van der Waals surface area contributed by atoms with E-state index in [2.05, 4.69) is 45.4 Å². The van der Waals surface area contributed by atoms with Gasteiger partial charge in [-0.05, 0) is 40.5 Å². The fraction of sp³-hybridized carbons (Fsp3) is 0.154. The maximum Gasteiger partial charge on any atom is 0.0881 e. The molecule has 0 amide bonds. The van der Waals surface area contributed by atoms with Crippen LogP contribution in [-0.2, 0) is 0 Å². The SMILES string of the molecule is Cc1cccc(C(NN)c2ccc(Br)cn2)c1. The Bertz CT molecular complexity index is 496. The molecule has 0 aliphatic heterocycles. The molecular formula is C13H14BrN3. The Kier molecular flexibility index (Phi) is 3.89. The fourth-order valence-electron chi connectivity index (χ4n) is 1.76. The van der Waals surface area contributed by atoms with Crippen molar-refractivity contribution in [2.24, 2.45) is 5.84 Å². The Hall–Kier alpha value is -1.23. The molecule has 1 atom stereocenters. The van der Waals surface area contributed by atoms with Crippen LogP contribution in [0.25, 0.3) is 0 Å². The molecule has 0 saturated carbocycles. The first-order valence-corrected chi connectivity index (χ1v) is 6.14. The largest absolute Gasteiger partial charge is 0.271 e. The van der Waals surface area contributed by atoms with Crippen molar-refractivity contribution in [2.45, 2.75) is 13.0 Å². The molecule has 1 aromatic carbocycles. The molecule has 0 fully saturated rings. The zero-order chi connectivity index (χ0) is 12.3. The third-order valence-electron chi connectivity index (χ3n) is 2.59. The first-order chi connectivity index (χ1) is 8.20. The lowest BCUT2D eigenvalue weighted by atomic mass is 10.0. The molecule has 0 spiro atoms. The summed E-state index contributed by atoms with van der Waals surface area (Å²) in [6.45, 7) is 2.06. The normalized spacial score (nSPS) is 12.4. The molecule has 0 aliphatic rings. The minimum atomic E-state index is -0.0806. The van der Waals surface area contributed by atoms with E-state index in [1.54, 1.807) is 6.20 Å². The zero-order valence-corrected chi connectivity index (χ0v) is 11.1. The smallest absolute Gasteiger partial charge is 0.0881 e. The number of nitrogens with two attached hydrogens (primary N) is 1. The molecule has 4 heteroatoms. The summed E-state index contributed by atoms with van der Waals surface area (Å²) >= 11 is 3.37. The molecule has 88 valence electrons. The van der Waals surface area contributed by atoms with E-state index in [9.17, 15) is 0 Å². The summed E-state index contributed by atoms with van der Waals surface area (Å²) in [5.74, 6) is 5.62. The van der Waals surface area contributed by atoms with Gasteiger partial charge in [0.2, 0.25) is 0 Å². The van der Waals surface area contributed by atoms with E-state index in [0.717, 1.165) is 15.7 Å². The topological polar surface area (TPSA) is 50.9 Å². The molecule has 0 bridgehead atoms. The number of aromatic nitrogens is 1. The average Bonchev–Trinajstić information content (AvgIpc) is 2.33. The lowest BCUT2D eigenvalue weighted by Gasteiger charge is -2.16. The number of halogens is 1. The van der Waals surface area contributed by atoms with Crippen LogP contribution in [0.2, 0.25) is 0 Å². The van der Waals surface area contributed by atoms with Gasteiger partial charge in [-0.1, -0.05) is 29.8 Å². The Labute approximate surface area is 109 Å². The number of benzene rings is 1. The van der Waals surface area contributed by atoms with Crippen LogP contribution in [0.5, 0.6) is 0 Å². The highest BCUT2D eigenvalue weighted by Gasteiger charge is 2.13. The van der Waals surface area contributed by atoms with Crippen LogP contribution in [0.15, 0.2) is 47.1 Å². The molecule has 2 rings (SSSR count). The summed E-state index contributed by atoms with van der Waals surface area (Å²) in [4.78, 5) is 4.37. The maximum atomic E-state index is 5.62. The summed E-state index contributed by atoms with van der Waals surface area (Å²) < 4.78 is 0.960. The van der Waals surface area contributed by atoms with Crippen LogP contribution in [0.4, 0.5) is 0 Å². The number of pyridine rings is 1. The lowest BCUT2D eigenvalue weighted by molar-refractivity contribution is 0.620. The number of hydrogen-bond donors (Lipinski definition) is 2. The van der Waals surface area contributed by atoms with Gasteiger partial charge in [-0.3, -0.25) is 10.8 Å². The van der Waals surface area contributed by atoms with E-state index in [1.165, 1.54) is 5.56 Å². The van der Waals surface area contributed by atoms with Crippen molar-refractivity contribution < 1.29 is 0 Å². The van der Waals surface area contributed by atoms with Gasteiger partial charge >= 0.3 is 0 Å². The standard InChI is InChI=1S/C13H14BrN3/c1-9-3-2-4-10(7-9)13(17-15)12-6-5-11(14)8-16-12/h2-8,13,17H,15H2,1H3. The second kappa shape index (κ2) is 5.40. The summed E-state index contributed by atoms with van der Waals surface area (Å²) in [6, 6.07) is 12.1. The number of hydrogen-bond acceptors (Lipinski definition) is 3. The van der Waals surface area contributed by atoms with Crippen molar-refractivity contribution >= 4 is 15.9 Å². The van der Waals surface area contributed by atoms with Gasteiger partial charge in [0, 0.05) is 10.7 Å². The van der Waals surface area contributed by atoms with Crippen LogP contribution in [0, 0.1) is 6.92 Å². The highest BCUT2D eigenvalue weighted by molar-refractivity contribution is 9.10. The third kappa shape index (κ3) is 2.91. The second-order valence-electron chi connectivity index (χ2n) is 3.92. The first-order valence-electron chi connectivity index (χ1n) is 5.35. The van der Waals surface area contributed by atoms with Gasteiger partial charge in [-0.15, -0.1) is 0 Å². The summed E-state index contributed by atoms with van der Waals surface area (Å²) in [7, 11) is 0. The molecule has 3 N–H and O–H groups in total. The molecule has 1 aromatic heterocycles. The van der Waals surface area contributed by atoms with Crippen molar-refractivity contribution in [1.29, 1.82) is 0 Å². The Morgan fingerprint density at radius 3 is 2.71 bits per heavy atom. The highest BCUT2D eigenvalue weighted by atomic mass is 79.9. The molecule has 17 heavy (non-hydrogen) atoms.